The minimum Gasteiger partial charge on any atom is -0.349 e. The van der Waals surface area contributed by atoms with E-state index >= 15 is 0 Å². The second kappa shape index (κ2) is 6.33. The zero-order valence-electron chi connectivity index (χ0n) is 10.6. The minimum absolute atomic E-state index is 0.0829. The molecule has 1 heterocycles. The van der Waals surface area contributed by atoms with Gasteiger partial charge in [-0.15, -0.1) is 0 Å². The van der Waals surface area contributed by atoms with Gasteiger partial charge in [0.1, 0.15) is 5.82 Å². The average molecular weight is 375 g/mol. The number of hydrogen-bond donors (Lipinski definition) is 2. The molecule has 0 aliphatic heterocycles. The van der Waals surface area contributed by atoms with Crippen molar-refractivity contribution in [2.75, 3.05) is 6.54 Å². The van der Waals surface area contributed by atoms with Gasteiger partial charge in [0, 0.05) is 35.9 Å². The molecule has 112 valence electrons. The number of aromatic nitrogens is 2. The third kappa shape index (κ3) is 3.86. The van der Waals surface area contributed by atoms with E-state index in [0.29, 0.717) is 16.7 Å². The fraction of sp³-hybridized carbons (Fsp3) is 0.182. The van der Waals surface area contributed by atoms with E-state index in [9.17, 15) is 18.5 Å². The molecule has 0 spiro atoms. The summed E-state index contributed by atoms with van der Waals surface area (Å²) in [5.41, 5.74) is -0.469. The van der Waals surface area contributed by atoms with Crippen molar-refractivity contribution < 1.29 is 13.3 Å². The first-order valence-corrected chi connectivity index (χ1v) is 8.09. The molecule has 0 unspecified atom stereocenters. The third-order valence-corrected chi connectivity index (χ3v) is 4.60. The zero-order chi connectivity index (χ0) is 15.5. The highest BCUT2D eigenvalue weighted by Crippen LogP contribution is 2.26. The molecule has 21 heavy (non-hydrogen) atoms. The van der Waals surface area contributed by atoms with Crippen molar-refractivity contribution in [3.05, 3.63) is 51.0 Å². The van der Waals surface area contributed by atoms with E-state index in [1.165, 1.54) is 12.1 Å². The Morgan fingerprint density at radius 1 is 1.43 bits per heavy atom. The van der Waals surface area contributed by atoms with Gasteiger partial charge < -0.3 is 4.98 Å². The quantitative estimate of drug-likeness (QED) is 0.587. The van der Waals surface area contributed by atoms with E-state index < -0.39 is 20.6 Å². The number of rotatable bonds is 6. The summed E-state index contributed by atoms with van der Waals surface area (Å²) in [7, 11) is -3.98. The molecule has 1 aromatic carbocycles. The van der Waals surface area contributed by atoms with E-state index in [1.807, 2.05) is 0 Å². The lowest BCUT2D eigenvalue weighted by Gasteiger charge is -2.07. The molecule has 0 aliphatic rings. The molecule has 0 saturated heterocycles. The first-order valence-electron chi connectivity index (χ1n) is 5.82. The van der Waals surface area contributed by atoms with Crippen LogP contribution in [0, 0.1) is 10.1 Å². The van der Waals surface area contributed by atoms with Crippen molar-refractivity contribution in [1.82, 2.24) is 14.7 Å². The summed E-state index contributed by atoms with van der Waals surface area (Å²) in [6.45, 7) is 0.0829. The van der Waals surface area contributed by atoms with Gasteiger partial charge in [-0.25, -0.2) is 18.1 Å². The van der Waals surface area contributed by atoms with Crippen molar-refractivity contribution in [2.24, 2.45) is 0 Å². The number of nitrogens with one attached hydrogen (secondary N) is 2. The van der Waals surface area contributed by atoms with Crippen LogP contribution < -0.4 is 4.72 Å². The Balaban J connectivity index is 2.19. The lowest BCUT2D eigenvalue weighted by Crippen LogP contribution is -2.27. The third-order valence-electron chi connectivity index (χ3n) is 2.62. The van der Waals surface area contributed by atoms with Crippen molar-refractivity contribution in [1.29, 1.82) is 0 Å². The molecule has 0 amide bonds. The average Bonchev–Trinajstić information content (AvgIpc) is 2.91. The topological polar surface area (TPSA) is 118 Å². The maximum Gasteiger partial charge on any atom is 0.289 e. The molecular weight excluding hydrogens is 364 g/mol. The van der Waals surface area contributed by atoms with Gasteiger partial charge in [0.25, 0.3) is 5.69 Å². The number of hydrogen-bond acceptors (Lipinski definition) is 5. The molecule has 0 saturated carbocycles. The number of benzene rings is 1. The second-order valence-corrected chi connectivity index (χ2v) is 6.70. The summed E-state index contributed by atoms with van der Waals surface area (Å²) in [5, 5.41) is 10.9. The van der Waals surface area contributed by atoms with Crippen LogP contribution in [-0.4, -0.2) is 29.9 Å². The van der Waals surface area contributed by atoms with Crippen molar-refractivity contribution >= 4 is 31.6 Å². The van der Waals surface area contributed by atoms with Crippen LogP contribution in [0.15, 0.2) is 40.0 Å². The highest BCUT2D eigenvalue weighted by Gasteiger charge is 2.25. The number of aromatic amines is 1. The summed E-state index contributed by atoms with van der Waals surface area (Å²) in [6.07, 6.45) is 3.54. The number of sulfonamides is 1. The fourth-order valence-electron chi connectivity index (χ4n) is 1.67. The predicted octanol–water partition coefficient (Wildman–Crippen LogP) is 1.60. The number of nitro benzene ring substituents is 1. The standard InChI is InChI=1S/C11H11BrN4O4S/c12-8-1-2-9(16(17)18)10(7-8)21(19,20)15-4-3-11-13-5-6-14-11/h1-2,5-7,15H,3-4H2,(H,13,14). The molecule has 0 fully saturated rings. The molecule has 1 aromatic heterocycles. The number of imidazole rings is 1. The summed E-state index contributed by atoms with van der Waals surface area (Å²) in [6, 6.07) is 3.76. The van der Waals surface area contributed by atoms with Crippen LogP contribution in [-0.2, 0) is 16.4 Å². The highest BCUT2D eigenvalue weighted by molar-refractivity contribution is 9.10. The molecule has 2 rings (SSSR count). The Morgan fingerprint density at radius 2 is 2.19 bits per heavy atom. The van der Waals surface area contributed by atoms with Gasteiger partial charge >= 0.3 is 0 Å². The molecule has 2 N–H and O–H groups in total. The maximum atomic E-state index is 12.2. The van der Waals surface area contributed by atoms with E-state index in [0.717, 1.165) is 6.07 Å². The highest BCUT2D eigenvalue weighted by atomic mass is 79.9. The Morgan fingerprint density at radius 3 is 2.81 bits per heavy atom. The van der Waals surface area contributed by atoms with Gasteiger partial charge in [-0.05, 0) is 12.1 Å². The van der Waals surface area contributed by atoms with Crippen LogP contribution in [0.4, 0.5) is 5.69 Å². The molecule has 0 aliphatic carbocycles. The number of nitrogens with zero attached hydrogens (tertiary/aromatic N) is 2. The monoisotopic (exact) mass is 374 g/mol. The maximum absolute atomic E-state index is 12.2. The molecule has 0 bridgehead atoms. The van der Waals surface area contributed by atoms with Crippen LogP contribution in [0.3, 0.4) is 0 Å². The molecule has 10 heteroatoms. The van der Waals surface area contributed by atoms with E-state index in [-0.39, 0.29) is 11.4 Å². The van der Waals surface area contributed by atoms with Gasteiger partial charge in [0.2, 0.25) is 10.0 Å². The molecular formula is C11H11BrN4O4S. The molecule has 8 nitrogen and oxygen atoms in total. The van der Waals surface area contributed by atoms with Crippen molar-refractivity contribution in [3.63, 3.8) is 0 Å². The molecule has 0 radical (unpaired) electrons. The number of nitro groups is 1. The lowest BCUT2D eigenvalue weighted by molar-refractivity contribution is -0.387. The van der Waals surface area contributed by atoms with Crippen LogP contribution >= 0.6 is 15.9 Å². The van der Waals surface area contributed by atoms with Crippen LogP contribution in [0.2, 0.25) is 0 Å². The smallest absolute Gasteiger partial charge is 0.289 e. The van der Waals surface area contributed by atoms with Gasteiger partial charge in [0.15, 0.2) is 4.90 Å². The minimum atomic E-state index is -3.98. The fourth-order valence-corrected chi connectivity index (χ4v) is 3.41. The lowest BCUT2D eigenvalue weighted by atomic mass is 10.3. The van der Waals surface area contributed by atoms with Gasteiger partial charge in [-0.2, -0.15) is 0 Å². The van der Waals surface area contributed by atoms with Gasteiger partial charge in [0.05, 0.1) is 4.92 Å². The van der Waals surface area contributed by atoms with Gasteiger partial charge in [-0.1, -0.05) is 15.9 Å². The predicted molar refractivity (Wildman–Crippen MR) is 78.3 cm³/mol. The van der Waals surface area contributed by atoms with E-state index in [1.54, 1.807) is 12.4 Å². The summed E-state index contributed by atoms with van der Waals surface area (Å²) in [4.78, 5) is 16.6. The first-order chi connectivity index (χ1) is 9.90. The van der Waals surface area contributed by atoms with Crippen molar-refractivity contribution in [2.45, 2.75) is 11.3 Å². The summed E-state index contributed by atoms with van der Waals surface area (Å²) >= 11 is 3.11. The first kappa shape index (κ1) is 15.6. The van der Waals surface area contributed by atoms with E-state index in [4.69, 9.17) is 0 Å². The normalized spacial score (nSPS) is 11.5. The van der Waals surface area contributed by atoms with Gasteiger partial charge in [-0.3, -0.25) is 10.1 Å². The van der Waals surface area contributed by atoms with Crippen LogP contribution in [0.25, 0.3) is 0 Å². The van der Waals surface area contributed by atoms with E-state index in [2.05, 4.69) is 30.6 Å². The van der Waals surface area contributed by atoms with Crippen LogP contribution in [0.5, 0.6) is 0 Å². The number of halogens is 1. The largest absolute Gasteiger partial charge is 0.349 e. The number of H-pyrrole nitrogens is 1. The SMILES string of the molecule is O=[N+]([O-])c1ccc(Br)cc1S(=O)(=O)NCCc1ncc[nH]1. The second-order valence-electron chi connectivity index (χ2n) is 4.05. The summed E-state index contributed by atoms with van der Waals surface area (Å²) in [5.74, 6) is 0.626. The Kier molecular flexibility index (Phi) is 4.70. The Hall–Kier alpha value is -1.78. The zero-order valence-corrected chi connectivity index (χ0v) is 13.0. The van der Waals surface area contributed by atoms with Crippen LogP contribution in [0.1, 0.15) is 5.82 Å². The Labute approximate surface area is 128 Å². The molecule has 2 aromatic rings. The summed E-state index contributed by atoms with van der Waals surface area (Å²) < 4.78 is 27.1. The Bertz CT molecular complexity index is 746. The molecule has 0 atom stereocenters. The van der Waals surface area contributed by atoms with Crippen molar-refractivity contribution in [3.8, 4) is 0 Å².